The minimum absolute atomic E-state index is 0.753. The number of aryl methyl sites for hydroxylation is 1. The summed E-state index contributed by atoms with van der Waals surface area (Å²) >= 11 is 0. The minimum Gasteiger partial charge on any atom is -0.399 e. The maximum absolute atomic E-state index is 5.69. The number of aromatic nitrogens is 2. The Morgan fingerprint density at radius 1 is 1.07 bits per heavy atom. The zero-order valence-electron chi connectivity index (χ0n) is 7.94. The van der Waals surface area contributed by atoms with Crippen LogP contribution < -0.4 is 5.73 Å². The molecule has 1 aromatic heterocycles. The molecule has 3 nitrogen and oxygen atoms in total. The fourth-order valence-electron chi connectivity index (χ4n) is 1.26. The third kappa shape index (κ3) is 1.71. The molecule has 0 unspecified atom stereocenters. The smallest absolute Gasteiger partial charge is 0.125 e. The van der Waals surface area contributed by atoms with Crippen LogP contribution in [0.15, 0.2) is 36.7 Å². The highest BCUT2D eigenvalue weighted by molar-refractivity contribution is 5.65. The van der Waals surface area contributed by atoms with E-state index in [1.165, 1.54) is 0 Å². The van der Waals surface area contributed by atoms with Gasteiger partial charge in [-0.3, -0.25) is 0 Å². The summed E-state index contributed by atoms with van der Waals surface area (Å²) in [7, 11) is 0. The molecule has 14 heavy (non-hydrogen) atoms. The Balaban J connectivity index is 2.44. The van der Waals surface area contributed by atoms with Gasteiger partial charge < -0.3 is 5.73 Å². The van der Waals surface area contributed by atoms with Crippen LogP contribution in [-0.2, 0) is 0 Å². The molecule has 1 aromatic carbocycles. The normalized spacial score (nSPS) is 10.1. The summed E-state index contributed by atoms with van der Waals surface area (Å²) in [5, 5.41) is 0. The van der Waals surface area contributed by atoms with E-state index in [4.69, 9.17) is 5.73 Å². The van der Waals surface area contributed by atoms with Gasteiger partial charge in [0.15, 0.2) is 0 Å². The average Bonchev–Trinajstić information content (AvgIpc) is 2.19. The quantitative estimate of drug-likeness (QED) is 0.691. The van der Waals surface area contributed by atoms with Gasteiger partial charge in [-0.25, -0.2) is 9.97 Å². The maximum atomic E-state index is 5.69. The van der Waals surface area contributed by atoms with E-state index in [0.29, 0.717) is 0 Å². The highest BCUT2D eigenvalue weighted by Crippen LogP contribution is 2.19. The summed E-state index contributed by atoms with van der Waals surface area (Å²) in [6.07, 6.45) is 3.61. The predicted octanol–water partition coefficient (Wildman–Crippen LogP) is 2.03. The Morgan fingerprint density at radius 3 is 2.43 bits per heavy atom. The number of benzene rings is 1. The van der Waals surface area contributed by atoms with Crippen molar-refractivity contribution in [3.8, 4) is 11.1 Å². The van der Waals surface area contributed by atoms with Gasteiger partial charge in [-0.1, -0.05) is 12.1 Å². The van der Waals surface area contributed by atoms with Crippen molar-refractivity contribution >= 4 is 5.69 Å². The highest BCUT2D eigenvalue weighted by Gasteiger charge is 1.98. The first-order chi connectivity index (χ1) is 6.75. The Morgan fingerprint density at radius 2 is 1.79 bits per heavy atom. The molecule has 1 heterocycles. The van der Waals surface area contributed by atoms with Gasteiger partial charge in [0.05, 0.1) is 0 Å². The van der Waals surface area contributed by atoms with E-state index in [1.54, 1.807) is 12.4 Å². The van der Waals surface area contributed by atoms with Crippen molar-refractivity contribution in [3.05, 3.63) is 42.5 Å². The summed E-state index contributed by atoms with van der Waals surface area (Å²) in [5.41, 5.74) is 8.47. The molecule has 0 aliphatic rings. The third-order valence-corrected chi connectivity index (χ3v) is 2.00. The summed E-state index contributed by atoms with van der Waals surface area (Å²) in [6.45, 7) is 1.86. The molecule has 0 radical (unpaired) electrons. The van der Waals surface area contributed by atoms with E-state index in [-0.39, 0.29) is 0 Å². The second-order valence-electron chi connectivity index (χ2n) is 3.14. The first-order valence-electron chi connectivity index (χ1n) is 4.40. The molecule has 0 saturated carbocycles. The molecule has 0 aliphatic carbocycles. The molecule has 3 heteroatoms. The van der Waals surface area contributed by atoms with Gasteiger partial charge in [0.2, 0.25) is 0 Å². The van der Waals surface area contributed by atoms with Crippen molar-refractivity contribution in [3.63, 3.8) is 0 Å². The van der Waals surface area contributed by atoms with E-state index in [9.17, 15) is 0 Å². The first kappa shape index (κ1) is 8.69. The van der Waals surface area contributed by atoms with Crippen LogP contribution in [0.25, 0.3) is 11.1 Å². The number of nitrogen functional groups attached to an aromatic ring is 1. The van der Waals surface area contributed by atoms with Crippen LogP contribution in [0.2, 0.25) is 0 Å². The molecule has 70 valence electrons. The zero-order valence-corrected chi connectivity index (χ0v) is 7.94. The van der Waals surface area contributed by atoms with Gasteiger partial charge in [-0.2, -0.15) is 0 Å². The summed E-state index contributed by atoms with van der Waals surface area (Å²) < 4.78 is 0. The van der Waals surface area contributed by atoms with Crippen molar-refractivity contribution in [2.75, 3.05) is 5.73 Å². The van der Waals surface area contributed by atoms with Crippen molar-refractivity contribution < 1.29 is 0 Å². The van der Waals surface area contributed by atoms with E-state index < -0.39 is 0 Å². The minimum atomic E-state index is 0.753. The molecular formula is C11H11N3. The van der Waals surface area contributed by atoms with Crippen LogP contribution in [-0.4, -0.2) is 9.97 Å². The first-order valence-corrected chi connectivity index (χ1v) is 4.40. The van der Waals surface area contributed by atoms with Crippen LogP contribution in [0.3, 0.4) is 0 Å². The second kappa shape index (κ2) is 3.46. The lowest BCUT2D eigenvalue weighted by Crippen LogP contribution is -1.89. The van der Waals surface area contributed by atoms with Crippen molar-refractivity contribution in [1.29, 1.82) is 0 Å². The standard InChI is InChI=1S/C11H11N3/c1-8-13-6-10(7-14-8)9-3-2-4-11(12)5-9/h2-7H,12H2,1H3. The Labute approximate surface area is 82.6 Å². The van der Waals surface area contributed by atoms with Crippen molar-refractivity contribution in [2.24, 2.45) is 0 Å². The molecule has 2 rings (SSSR count). The van der Waals surface area contributed by atoms with Gasteiger partial charge in [0, 0.05) is 23.6 Å². The number of anilines is 1. The van der Waals surface area contributed by atoms with Crippen LogP contribution in [0.5, 0.6) is 0 Å². The molecule has 0 saturated heterocycles. The summed E-state index contributed by atoms with van der Waals surface area (Å²) in [5.74, 6) is 0.776. The highest BCUT2D eigenvalue weighted by atomic mass is 14.8. The molecule has 0 aliphatic heterocycles. The number of nitrogens with zero attached hydrogens (tertiary/aromatic N) is 2. The number of rotatable bonds is 1. The van der Waals surface area contributed by atoms with Crippen LogP contribution in [0.4, 0.5) is 5.69 Å². The van der Waals surface area contributed by atoms with E-state index in [1.807, 2.05) is 31.2 Å². The molecule has 0 spiro atoms. The lowest BCUT2D eigenvalue weighted by atomic mass is 10.1. The van der Waals surface area contributed by atoms with Gasteiger partial charge in [-0.05, 0) is 24.6 Å². The zero-order chi connectivity index (χ0) is 9.97. The third-order valence-electron chi connectivity index (χ3n) is 2.00. The van der Waals surface area contributed by atoms with E-state index in [0.717, 1.165) is 22.6 Å². The topological polar surface area (TPSA) is 51.8 Å². The SMILES string of the molecule is Cc1ncc(-c2cccc(N)c2)cn1. The number of hydrogen-bond acceptors (Lipinski definition) is 3. The molecule has 0 atom stereocenters. The maximum Gasteiger partial charge on any atom is 0.125 e. The lowest BCUT2D eigenvalue weighted by Gasteiger charge is -2.01. The Hall–Kier alpha value is -1.90. The molecule has 0 fully saturated rings. The largest absolute Gasteiger partial charge is 0.399 e. The molecular weight excluding hydrogens is 174 g/mol. The molecule has 2 N–H and O–H groups in total. The number of nitrogens with two attached hydrogens (primary N) is 1. The molecule has 2 aromatic rings. The fourth-order valence-corrected chi connectivity index (χ4v) is 1.26. The van der Waals surface area contributed by atoms with Gasteiger partial charge >= 0.3 is 0 Å². The van der Waals surface area contributed by atoms with Crippen LogP contribution in [0.1, 0.15) is 5.82 Å². The predicted molar refractivity (Wildman–Crippen MR) is 56.6 cm³/mol. The average molecular weight is 185 g/mol. The molecule has 0 amide bonds. The second-order valence-corrected chi connectivity index (χ2v) is 3.14. The van der Waals surface area contributed by atoms with Crippen molar-refractivity contribution in [1.82, 2.24) is 9.97 Å². The van der Waals surface area contributed by atoms with E-state index >= 15 is 0 Å². The monoisotopic (exact) mass is 185 g/mol. The molecule has 0 bridgehead atoms. The Bertz CT molecular complexity index is 435. The lowest BCUT2D eigenvalue weighted by molar-refractivity contribution is 1.06. The summed E-state index contributed by atoms with van der Waals surface area (Å²) in [6, 6.07) is 7.68. The van der Waals surface area contributed by atoms with Gasteiger partial charge in [0.25, 0.3) is 0 Å². The van der Waals surface area contributed by atoms with Crippen molar-refractivity contribution in [2.45, 2.75) is 6.92 Å². The van der Waals surface area contributed by atoms with Gasteiger partial charge in [-0.15, -0.1) is 0 Å². The van der Waals surface area contributed by atoms with Gasteiger partial charge in [0.1, 0.15) is 5.82 Å². The summed E-state index contributed by atoms with van der Waals surface area (Å²) in [4.78, 5) is 8.27. The Kier molecular flexibility index (Phi) is 2.14. The van der Waals surface area contributed by atoms with Crippen LogP contribution in [0, 0.1) is 6.92 Å². The van der Waals surface area contributed by atoms with E-state index in [2.05, 4.69) is 9.97 Å². The van der Waals surface area contributed by atoms with Crippen LogP contribution >= 0.6 is 0 Å². The fraction of sp³-hybridized carbons (Fsp3) is 0.0909. The number of hydrogen-bond donors (Lipinski definition) is 1.